The average Bonchev–Trinajstić information content (AvgIpc) is 2.64. The van der Waals surface area contributed by atoms with Gasteiger partial charge in [0.1, 0.15) is 11.5 Å². The van der Waals surface area contributed by atoms with Crippen LogP contribution in [0.25, 0.3) is 11.1 Å². The van der Waals surface area contributed by atoms with Crippen LogP contribution < -0.4 is 0 Å². The number of rotatable bonds is 4. The van der Waals surface area contributed by atoms with Crippen molar-refractivity contribution in [1.29, 1.82) is 0 Å². The van der Waals surface area contributed by atoms with Gasteiger partial charge in [0.25, 0.3) is 0 Å². The highest BCUT2D eigenvalue weighted by Gasteiger charge is 2.13. The summed E-state index contributed by atoms with van der Waals surface area (Å²) in [5.74, 6) is -0.174. The molecule has 0 radical (unpaired) electrons. The second kappa shape index (κ2) is 7.05. The average molecular weight is 335 g/mol. The summed E-state index contributed by atoms with van der Waals surface area (Å²) in [5.41, 5.74) is 3.15. The Morgan fingerprint density at radius 1 is 1.08 bits per heavy atom. The van der Waals surface area contributed by atoms with Crippen molar-refractivity contribution in [3.05, 3.63) is 77.6 Å². The molecule has 0 amide bonds. The number of carbonyl (C=O) groups excluding carboxylic acids is 1. The van der Waals surface area contributed by atoms with Crippen LogP contribution in [0.5, 0.6) is 11.5 Å². The molecule has 0 bridgehead atoms. The first-order valence-corrected chi connectivity index (χ1v) is 7.72. The number of hydrogen-bond acceptors (Lipinski definition) is 5. The summed E-state index contributed by atoms with van der Waals surface area (Å²) in [6.45, 7) is 0. The first-order valence-electron chi connectivity index (χ1n) is 7.72. The molecule has 1 aromatic heterocycles. The van der Waals surface area contributed by atoms with E-state index >= 15 is 0 Å². The predicted molar refractivity (Wildman–Crippen MR) is 93.6 cm³/mol. The molecule has 0 atom stereocenters. The predicted octanol–water partition coefficient (Wildman–Crippen LogP) is 3.54. The summed E-state index contributed by atoms with van der Waals surface area (Å²) in [6.07, 6.45) is 2.05. The van der Waals surface area contributed by atoms with Crippen LogP contribution in [0.3, 0.4) is 0 Å². The van der Waals surface area contributed by atoms with Gasteiger partial charge >= 0.3 is 5.97 Å². The van der Waals surface area contributed by atoms with Crippen LogP contribution in [-0.4, -0.2) is 28.3 Å². The summed E-state index contributed by atoms with van der Waals surface area (Å²) in [5, 5.41) is 20.0. The van der Waals surface area contributed by atoms with Gasteiger partial charge in [-0.1, -0.05) is 24.3 Å². The zero-order chi connectivity index (χ0) is 17.8. The van der Waals surface area contributed by atoms with E-state index in [1.165, 1.54) is 7.11 Å². The quantitative estimate of drug-likeness (QED) is 0.713. The number of esters is 1. The minimum atomic E-state index is -0.431. The van der Waals surface area contributed by atoms with Crippen molar-refractivity contribution in [1.82, 2.24) is 4.98 Å². The fourth-order valence-electron chi connectivity index (χ4n) is 2.60. The van der Waals surface area contributed by atoms with Gasteiger partial charge in [0.2, 0.25) is 0 Å². The molecule has 0 aliphatic rings. The molecule has 0 aliphatic heterocycles. The molecule has 0 saturated carbocycles. The Kier molecular flexibility index (Phi) is 4.66. The van der Waals surface area contributed by atoms with Crippen molar-refractivity contribution >= 4 is 5.97 Å². The van der Waals surface area contributed by atoms with Gasteiger partial charge in [-0.3, -0.25) is 4.98 Å². The topological polar surface area (TPSA) is 79.7 Å². The Hall–Kier alpha value is -3.34. The largest absolute Gasteiger partial charge is 0.508 e. The minimum absolute atomic E-state index is 0.0672. The molecule has 0 unspecified atom stereocenters. The number of aromatic hydroxyl groups is 2. The van der Waals surface area contributed by atoms with Gasteiger partial charge in [0.05, 0.1) is 18.4 Å². The van der Waals surface area contributed by atoms with E-state index in [2.05, 4.69) is 4.98 Å². The Labute approximate surface area is 145 Å². The van der Waals surface area contributed by atoms with Gasteiger partial charge in [-0.2, -0.15) is 0 Å². The van der Waals surface area contributed by atoms with E-state index in [-0.39, 0.29) is 11.5 Å². The van der Waals surface area contributed by atoms with Gasteiger partial charge in [-0.15, -0.1) is 0 Å². The fourth-order valence-corrected chi connectivity index (χ4v) is 2.60. The molecule has 3 aromatic rings. The lowest BCUT2D eigenvalue weighted by atomic mass is 10.00. The van der Waals surface area contributed by atoms with E-state index in [1.807, 2.05) is 6.07 Å². The second-order valence-corrected chi connectivity index (χ2v) is 5.57. The van der Waals surface area contributed by atoms with Gasteiger partial charge in [0, 0.05) is 18.2 Å². The van der Waals surface area contributed by atoms with Gasteiger partial charge in [-0.05, 0) is 41.5 Å². The van der Waals surface area contributed by atoms with Crippen LogP contribution in [0.15, 0.2) is 60.8 Å². The molecule has 0 fully saturated rings. The Balaban J connectivity index is 1.96. The first kappa shape index (κ1) is 16.5. The monoisotopic (exact) mass is 335 g/mol. The zero-order valence-corrected chi connectivity index (χ0v) is 13.6. The maximum atomic E-state index is 11.7. The fraction of sp³-hybridized carbons (Fsp3) is 0.100. The van der Waals surface area contributed by atoms with Crippen LogP contribution in [0.2, 0.25) is 0 Å². The highest BCUT2D eigenvalue weighted by atomic mass is 16.5. The third-order valence-electron chi connectivity index (χ3n) is 3.90. The molecule has 3 rings (SSSR count). The number of ether oxygens (including phenoxy) is 1. The zero-order valence-electron chi connectivity index (χ0n) is 13.6. The van der Waals surface area contributed by atoms with Crippen LogP contribution in [-0.2, 0) is 11.2 Å². The second-order valence-electron chi connectivity index (χ2n) is 5.57. The molecule has 126 valence electrons. The Bertz CT molecular complexity index is 904. The lowest BCUT2D eigenvalue weighted by molar-refractivity contribution is 0.0601. The Morgan fingerprint density at radius 2 is 1.84 bits per heavy atom. The maximum Gasteiger partial charge on any atom is 0.337 e. The summed E-state index contributed by atoms with van der Waals surface area (Å²) < 4.78 is 4.74. The van der Waals surface area contributed by atoms with Crippen LogP contribution in [0.4, 0.5) is 0 Å². The van der Waals surface area contributed by atoms with E-state index in [4.69, 9.17) is 4.74 Å². The van der Waals surface area contributed by atoms with Gasteiger partial charge in [0.15, 0.2) is 0 Å². The van der Waals surface area contributed by atoms with E-state index in [9.17, 15) is 15.0 Å². The van der Waals surface area contributed by atoms with Crippen molar-refractivity contribution in [3.8, 4) is 22.6 Å². The number of hydrogen-bond donors (Lipinski definition) is 2. The molecule has 1 heterocycles. The summed E-state index contributed by atoms with van der Waals surface area (Å²) in [6, 6.07) is 15.3. The molecule has 5 heteroatoms. The van der Waals surface area contributed by atoms with Crippen LogP contribution >= 0.6 is 0 Å². The number of aromatic nitrogens is 1. The molecule has 2 aromatic carbocycles. The van der Waals surface area contributed by atoms with Crippen LogP contribution in [0.1, 0.15) is 21.6 Å². The number of nitrogens with zero attached hydrogens (tertiary/aromatic N) is 1. The minimum Gasteiger partial charge on any atom is -0.508 e. The molecular weight excluding hydrogens is 318 g/mol. The van der Waals surface area contributed by atoms with Crippen LogP contribution in [0, 0.1) is 0 Å². The highest BCUT2D eigenvalue weighted by Crippen LogP contribution is 2.32. The number of pyridine rings is 1. The smallest absolute Gasteiger partial charge is 0.337 e. The maximum absolute atomic E-state index is 11.7. The van der Waals surface area contributed by atoms with Gasteiger partial charge < -0.3 is 14.9 Å². The number of phenols is 1. The van der Waals surface area contributed by atoms with Crippen molar-refractivity contribution < 1.29 is 19.7 Å². The summed E-state index contributed by atoms with van der Waals surface area (Å²) >= 11 is 0. The SMILES string of the molecule is COC(=O)c1cccc(-c2ccnc(Cc3ccc(O)cc3)c2O)c1. The van der Waals surface area contributed by atoms with E-state index in [0.717, 1.165) is 5.56 Å². The number of carbonyl (C=O) groups is 1. The van der Waals surface area contributed by atoms with Crippen molar-refractivity contribution in [2.75, 3.05) is 7.11 Å². The third kappa shape index (κ3) is 3.61. The number of methoxy groups -OCH3 is 1. The van der Waals surface area contributed by atoms with Gasteiger partial charge in [-0.25, -0.2) is 4.79 Å². The van der Waals surface area contributed by atoms with E-state index in [1.54, 1.807) is 54.7 Å². The highest BCUT2D eigenvalue weighted by molar-refractivity contribution is 5.91. The molecule has 5 nitrogen and oxygen atoms in total. The van der Waals surface area contributed by atoms with Crippen molar-refractivity contribution in [2.45, 2.75) is 6.42 Å². The molecule has 0 aliphatic carbocycles. The standard InChI is InChI=1S/C20H17NO4/c1-25-20(24)15-4-2-3-14(12-15)17-9-10-21-18(19(17)23)11-13-5-7-16(22)8-6-13/h2-10,12,22-23H,11H2,1H3. The van der Waals surface area contributed by atoms with E-state index in [0.29, 0.717) is 28.8 Å². The summed E-state index contributed by atoms with van der Waals surface area (Å²) in [4.78, 5) is 16.0. The van der Waals surface area contributed by atoms with Crippen molar-refractivity contribution in [2.24, 2.45) is 0 Å². The lowest BCUT2D eigenvalue weighted by Crippen LogP contribution is -2.01. The molecule has 2 N–H and O–H groups in total. The molecule has 0 spiro atoms. The lowest BCUT2D eigenvalue weighted by Gasteiger charge is -2.10. The summed E-state index contributed by atoms with van der Waals surface area (Å²) in [7, 11) is 1.33. The third-order valence-corrected chi connectivity index (χ3v) is 3.90. The molecular formula is C20H17NO4. The Morgan fingerprint density at radius 3 is 2.56 bits per heavy atom. The number of benzene rings is 2. The molecule has 0 saturated heterocycles. The first-order chi connectivity index (χ1) is 12.1. The normalized spacial score (nSPS) is 10.4. The molecule has 25 heavy (non-hydrogen) atoms. The van der Waals surface area contributed by atoms with E-state index < -0.39 is 5.97 Å². The number of phenolic OH excluding ortho intramolecular Hbond substituents is 1. The van der Waals surface area contributed by atoms with Crippen molar-refractivity contribution in [3.63, 3.8) is 0 Å².